The van der Waals surface area contributed by atoms with Crippen LogP contribution in [0.5, 0.6) is 0 Å². The van der Waals surface area contributed by atoms with Gasteiger partial charge in [-0.15, -0.1) is 0 Å². The van der Waals surface area contributed by atoms with Crippen molar-refractivity contribution in [2.75, 3.05) is 24.2 Å². The van der Waals surface area contributed by atoms with Gasteiger partial charge in [0.25, 0.3) is 0 Å². The van der Waals surface area contributed by atoms with E-state index in [9.17, 15) is 31.2 Å². The summed E-state index contributed by atoms with van der Waals surface area (Å²) in [5.74, 6) is -1.22. The highest BCUT2D eigenvalue weighted by atomic mass is 32.2. The van der Waals surface area contributed by atoms with E-state index in [4.69, 9.17) is 0 Å². The summed E-state index contributed by atoms with van der Waals surface area (Å²) in [4.78, 5) is 26.5. The molecule has 174 valence electrons. The summed E-state index contributed by atoms with van der Waals surface area (Å²) in [6.07, 6.45) is -3.89. The minimum Gasteiger partial charge on any atom is -0.357 e. The third-order valence-corrected chi connectivity index (χ3v) is 5.89. The number of hydrogen-bond acceptors (Lipinski definition) is 4. The Kier molecular flexibility index (Phi) is 7.89. The van der Waals surface area contributed by atoms with Gasteiger partial charge >= 0.3 is 6.18 Å². The first kappa shape index (κ1) is 25.2. The number of sulfonamides is 1. The molecule has 11 heteroatoms. The van der Waals surface area contributed by atoms with Gasteiger partial charge in [-0.3, -0.25) is 13.9 Å². The monoisotopic (exact) mass is 471 g/mol. The molecule has 0 bridgehead atoms. The molecule has 0 heterocycles. The van der Waals surface area contributed by atoms with Gasteiger partial charge in [0.15, 0.2) is 0 Å². The molecule has 2 amide bonds. The maximum absolute atomic E-state index is 13.1. The molecule has 0 unspecified atom stereocenters. The van der Waals surface area contributed by atoms with E-state index >= 15 is 0 Å². The molecule has 0 spiro atoms. The lowest BCUT2D eigenvalue weighted by Crippen LogP contribution is -2.50. The standard InChI is InChI=1S/C21H24F3N3O4S/c1-15(20(29)25-2)26(13-16-8-5-4-6-9-16)19(28)14-27(32(3,30)31)18-11-7-10-17(12-18)21(22,23)24/h4-12,15H,13-14H2,1-3H3,(H,25,29)/t15-/m1/s1. The van der Waals surface area contributed by atoms with E-state index in [1.165, 1.54) is 24.9 Å². The van der Waals surface area contributed by atoms with Gasteiger partial charge in [-0.2, -0.15) is 13.2 Å². The molecular weight excluding hydrogens is 447 g/mol. The van der Waals surface area contributed by atoms with E-state index in [-0.39, 0.29) is 12.2 Å². The first-order valence-electron chi connectivity index (χ1n) is 9.54. The lowest BCUT2D eigenvalue weighted by molar-refractivity contribution is -0.139. The zero-order valence-electron chi connectivity index (χ0n) is 17.8. The minimum absolute atomic E-state index is 0.00839. The van der Waals surface area contributed by atoms with Crippen molar-refractivity contribution < 1.29 is 31.2 Å². The van der Waals surface area contributed by atoms with Crippen LogP contribution in [0.2, 0.25) is 0 Å². The highest BCUT2D eigenvalue weighted by Crippen LogP contribution is 2.32. The number of nitrogens with one attached hydrogen (secondary N) is 1. The van der Waals surface area contributed by atoms with E-state index < -0.39 is 46.2 Å². The summed E-state index contributed by atoms with van der Waals surface area (Å²) < 4.78 is 64.6. The van der Waals surface area contributed by atoms with Crippen molar-refractivity contribution in [2.24, 2.45) is 0 Å². The first-order chi connectivity index (χ1) is 14.8. The summed E-state index contributed by atoms with van der Waals surface area (Å²) in [5, 5.41) is 2.44. The Labute approximate surface area is 184 Å². The molecule has 0 saturated carbocycles. The number of alkyl halides is 3. The van der Waals surface area contributed by atoms with Crippen molar-refractivity contribution in [1.29, 1.82) is 0 Å². The maximum Gasteiger partial charge on any atom is 0.416 e. The van der Waals surface area contributed by atoms with Gasteiger partial charge in [0.1, 0.15) is 12.6 Å². The molecule has 0 aliphatic heterocycles. The van der Waals surface area contributed by atoms with Gasteiger partial charge in [-0.05, 0) is 30.7 Å². The molecule has 0 saturated heterocycles. The summed E-state index contributed by atoms with van der Waals surface area (Å²) >= 11 is 0. The Hall–Kier alpha value is -3.08. The van der Waals surface area contributed by atoms with Crippen LogP contribution < -0.4 is 9.62 Å². The Morgan fingerprint density at radius 3 is 2.22 bits per heavy atom. The SMILES string of the molecule is CNC(=O)[C@@H](C)N(Cc1ccccc1)C(=O)CN(c1cccc(C(F)(F)F)c1)S(C)(=O)=O. The van der Waals surface area contributed by atoms with Gasteiger partial charge in [0.2, 0.25) is 21.8 Å². The van der Waals surface area contributed by atoms with Gasteiger partial charge in [-0.25, -0.2) is 8.42 Å². The zero-order chi connectivity index (χ0) is 24.1. The largest absolute Gasteiger partial charge is 0.416 e. The molecule has 0 aliphatic carbocycles. The van der Waals surface area contributed by atoms with E-state index in [0.717, 1.165) is 18.4 Å². The number of anilines is 1. The number of benzene rings is 2. The minimum atomic E-state index is -4.68. The molecule has 7 nitrogen and oxygen atoms in total. The van der Waals surface area contributed by atoms with Gasteiger partial charge < -0.3 is 10.2 Å². The first-order valence-corrected chi connectivity index (χ1v) is 11.4. The second kappa shape index (κ2) is 10.0. The normalized spacial score (nSPS) is 12.7. The summed E-state index contributed by atoms with van der Waals surface area (Å²) in [6, 6.07) is 11.5. The van der Waals surface area contributed by atoms with E-state index in [1.54, 1.807) is 30.3 Å². The summed E-state index contributed by atoms with van der Waals surface area (Å²) in [5.41, 5.74) is -0.652. The fourth-order valence-corrected chi connectivity index (χ4v) is 3.86. The second-order valence-corrected chi connectivity index (χ2v) is 9.02. The molecule has 2 rings (SSSR count). The fraction of sp³-hybridized carbons (Fsp3) is 0.333. The van der Waals surface area contributed by atoms with E-state index in [0.29, 0.717) is 15.9 Å². The van der Waals surface area contributed by atoms with Crippen LogP contribution in [0, 0.1) is 0 Å². The Balaban J connectivity index is 2.41. The lowest BCUT2D eigenvalue weighted by atomic mass is 10.1. The Morgan fingerprint density at radius 1 is 1.06 bits per heavy atom. The Bertz CT molecular complexity index is 1060. The third-order valence-electron chi connectivity index (χ3n) is 4.75. The quantitative estimate of drug-likeness (QED) is 0.641. The van der Waals surface area contributed by atoms with Gasteiger partial charge in [0.05, 0.1) is 17.5 Å². The molecule has 0 aliphatic rings. The van der Waals surface area contributed by atoms with E-state index in [1.807, 2.05) is 0 Å². The van der Waals surface area contributed by atoms with Gasteiger partial charge in [0, 0.05) is 13.6 Å². The molecule has 0 fully saturated rings. The van der Waals surface area contributed by atoms with Crippen molar-refractivity contribution in [2.45, 2.75) is 25.7 Å². The number of hydrogen-bond donors (Lipinski definition) is 1. The van der Waals surface area contributed by atoms with Crippen LogP contribution in [0.4, 0.5) is 18.9 Å². The average molecular weight is 472 g/mol. The predicted molar refractivity (Wildman–Crippen MR) is 114 cm³/mol. The van der Waals surface area contributed by atoms with Crippen molar-refractivity contribution in [3.63, 3.8) is 0 Å². The van der Waals surface area contributed by atoms with Crippen LogP contribution in [0.15, 0.2) is 54.6 Å². The number of rotatable bonds is 8. The third kappa shape index (κ3) is 6.46. The highest BCUT2D eigenvalue weighted by Gasteiger charge is 2.33. The number of carbonyl (C=O) groups excluding carboxylic acids is 2. The zero-order valence-corrected chi connectivity index (χ0v) is 18.6. The number of amides is 2. The maximum atomic E-state index is 13.1. The van der Waals surface area contributed by atoms with Crippen LogP contribution in [-0.2, 0) is 32.3 Å². The summed E-state index contributed by atoms with van der Waals surface area (Å²) in [7, 11) is -2.72. The number of likely N-dealkylation sites (N-methyl/N-ethyl adjacent to an activating group) is 1. The lowest BCUT2D eigenvalue weighted by Gasteiger charge is -2.31. The smallest absolute Gasteiger partial charge is 0.357 e. The molecule has 0 aromatic heterocycles. The van der Waals surface area contributed by atoms with Crippen molar-refractivity contribution in [3.8, 4) is 0 Å². The predicted octanol–water partition coefficient (Wildman–Crippen LogP) is 2.63. The van der Waals surface area contributed by atoms with E-state index in [2.05, 4.69) is 5.32 Å². The molecule has 1 atom stereocenters. The highest BCUT2D eigenvalue weighted by molar-refractivity contribution is 7.92. The van der Waals surface area contributed by atoms with Crippen LogP contribution in [0.25, 0.3) is 0 Å². The number of carbonyl (C=O) groups is 2. The molecule has 32 heavy (non-hydrogen) atoms. The van der Waals surface area contributed by atoms with Crippen LogP contribution >= 0.6 is 0 Å². The topological polar surface area (TPSA) is 86.8 Å². The van der Waals surface area contributed by atoms with Crippen LogP contribution in [0.1, 0.15) is 18.1 Å². The average Bonchev–Trinajstić information content (AvgIpc) is 2.74. The molecule has 1 N–H and O–H groups in total. The van der Waals surface area contributed by atoms with Crippen molar-refractivity contribution in [3.05, 3.63) is 65.7 Å². The summed E-state index contributed by atoms with van der Waals surface area (Å²) in [6.45, 7) is 0.720. The number of halogens is 3. The molecule has 0 radical (unpaired) electrons. The number of nitrogens with zero attached hydrogens (tertiary/aromatic N) is 2. The molecular formula is C21H24F3N3O4S. The Morgan fingerprint density at radius 2 is 1.69 bits per heavy atom. The second-order valence-electron chi connectivity index (χ2n) is 7.12. The van der Waals surface area contributed by atoms with Crippen molar-refractivity contribution in [1.82, 2.24) is 10.2 Å². The van der Waals surface area contributed by atoms with Crippen LogP contribution in [0.3, 0.4) is 0 Å². The molecule has 2 aromatic carbocycles. The fourth-order valence-electron chi connectivity index (χ4n) is 3.02. The van der Waals surface area contributed by atoms with Crippen LogP contribution in [-0.4, -0.2) is 51.0 Å². The van der Waals surface area contributed by atoms with Gasteiger partial charge in [-0.1, -0.05) is 36.4 Å². The molecule has 2 aromatic rings. The van der Waals surface area contributed by atoms with Crippen molar-refractivity contribution >= 4 is 27.5 Å².